The zero-order valence-corrected chi connectivity index (χ0v) is 9.41. The first-order valence-corrected chi connectivity index (χ1v) is 4.56. The van der Waals surface area contributed by atoms with Crippen LogP contribution in [0.5, 0.6) is 0 Å². The molecule has 0 saturated carbocycles. The van der Waals surface area contributed by atoms with Gasteiger partial charge in [-0.1, -0.05) is 6.07 Å². The van der Waals surface area contributed by atoms with Crippen LogP contribution in [0.25, 0.3) is 0 Å². The lowest BCUT2D eigenvalue weighted by molar-refractivity contribution is -0.0979. The van der Waals surface area contributed by atoms with Gasteiger partial charge in [0.2, 0.25) is 0 Å². The molecule has 0 saturated heterocycles. The van der Waals surface area contributed by atoms with Gasteiger partial charge in [-0.15, -0.1) is 0 Å². The fraction of sp³-hybridized carbons (Fsp3) is 0.364. The van der Waals surface area contributed by atoms with E-state index in [2.05, 4.69) is 5.48 Å². The molecule has 4 heteroatoms. The molecule has 1 rings (SSSR count). The number of hydrogen-bond donors (Lipinski definition) is 2. The van der Waals surface area contributed by atoms with E-state index in [1.54, 1.807) is 0 Å². The van der Waals surface area contributed by atoms with E-state index in [9.17, 15) is 0 Å². The fourth-order valence-electron chi connectivity index (χ4n) is 0.814. The van der Waals surface area contributed by atoms with E-state index in [0.717, 1.165) is 11.4 Å². The highest BCUT2D eigenvalue weighted by Crippen LogP contribution is 2.14. The second-order valence-corrected chi connectivity index (χ2v) is 3.94. The molecule has 15 heavy (non-hydrogen) atoms. The molecule has 0 heterocycles. The summed E-state index contributed by atoms with van der Waals surface area (Å²) in [5.74, 6) is 0. The number of anilines is 2. The molecular formula is C11H18N2O2. The lowest BCUT2D eigenvalue weighted by Crippen LogP contribution is -2.22. The second-order valence-electron chi connectivity index (χ2n) is 3.94. The summed E-state index contributed by atoms with van der Waals surface area (Å²) in [6.07, 6.45) is 0. The van der Waals surface area contributed by atoms with Crippen molar-refractivity contribution in [1.29, 1.82) is 0 Å². The van der Waals surface area contributed by atoms with Crippen LogP contribution in [0.15, 0.2) is 24.3 Å². The summed E-state index contributed by atoms with van der Waals surface area (Å²) in [6.45, 7) is 7.94. The van der Waals surface area contributed by atoms with Gasteiger partial charge in [0.15, 0.2) is 0 Å². The van der Waals surface area contributed by atoms with Crippen molar-refractivity contribution in [2.24, 2.45) is 0 Å². The van der Waals surface area contributed by atoms with Crippen LogP contribution in [-0.4, -0.2) is 12.4 Å². The minimum atomic E-state index is -0.204. The fourth-order valence-corrected chi connectivity index (χ4v) is 0.814. The Bertz CT molecular complexity index is 295. The third-order valence-electron chi connectivity index (χ3n) is 1.36. The van der Waals surface area contributed by atoms with Crippen molar-refractivity contribution in [3.63, 3.8) is 0 Å². The molecule has 1 aromatic carbocycles. The molecule has 0 bridgehead atoms. The first-order chi connectivity index (χ1) is 6.97. The zero-order chi connectivity index (χ0) is 11.9. The van der Waals surface area contributed by atoms with Crippen molar-refractivity contribution in [2.45, 2.75) is 26.4 Å². The molecule has 0 aliphatic carbocycles. The topological polar surface area (TPSA) is 64.3 Å². The Hall–Kier alpha value is -1.55. The third-order valence-corrected chi connectivity index (χ3v) is 1.36. The van der Waals surface area contributed by atoms with Crippen molar-refractivity contribution >= 4 is 18.2 Å². The summed E-state index contributed by atoms with van der Waals surface area (Å²) >= 11 is 0. The minimum absolute atomic E-state index is 0.204. The Morgan fingerprint density at radius 2 is 1.93 bits per heavy atom. The van der Waals surface area contributed by atoms with Gasteiger partial charge in [0.1, 0.15) is 6.79 Å². The molecule has 0 aromatic heterocycles. The van der Waals surface area contributed by atoms with Crippen LogP contribution >= 0.6 is 0 Å². The van der Waals surface area contributed by atoms with Gasteiger partial charge in [-0.3, -0.25) is 10.3 Å². The van der Waals surface area contributed by atoms with Gasteiger partial charge in [0.25, 0.3) is 0 Å². The van der Waals surface area contributed by atoms with Gasteiger partial charge in [0.05, 0.1) is 11.3 Å². The summed E-state index contributed by atoms with van der Waals surface area (Å²) in [5, 5.41) is 0. The Kier molecular flexibility index (Phi) is 5.41. The molecule has 0 spiro atoms. The number of carbonyl (C=O) groups excluding carboxylic acids is 1. The van der Waals surface area contributed by atoms with Gasteiger partial charge >= 0.3 is 0 Å². The van der Waals surface area contributed by atoms with Gasteiger partial charge in [-0.2, -0.15) is 0 Å². The molecule has 84 valence electrons. The van der Waals surface area contributed by atoms with Crippen LogP contribution in [0.4, 0.5) is 11.4 Å². The highest BCUT2D eigenvalue weighted by Gasteiger charge is 2.09. The van der Waals surface area contributed by atoms with E-state index in [1.807, 2.05) is 51.8 Å². The highest BCUT2D eigenvalue weighted by molar-refractivity contribution is 5.52. The van der Waals surface area contributed by atoms with E-state index in [-0.39, 0.29) is 5.60 Å². The van der Waals surface area contributed by atoms with Crippen LogP contribution < -0.4 is 11.2 Å². The van der Waals surface area contributed by atoms with Gasteiger partial charge in [0, 0.05) is 5.69 Å². The average molecular weight is 210 g/mol. The molecule has 0 atom stereocenters. The second kappa shape index (κ2) is 6.03. The highest BCUT2D eigenvalue weighted by atomic mass is 16.7. The molecule has 3 N–H and O–H groups in total. The number of hydrogen-bond acceptors (Lipinski definition) is 4. The molecule has 0 aliphatic rings. The summed E-state index contributed by atoms with van der Waals surface area (Å²) in [6, 6.07) is 7.44. The molecule has 0 unspecified atom stereocenters. The molecular weight excluding hydrogens is 192 g/mol. The number of rotatable bonds is 2. The summed E-state index contributed by atoms with van der Waals surface area (Å²) < 4.78 is 0. The molecule has 0 fully saturated rings. The van der Waals surface area contributed by atoms with Crippen LogP contribution in [0, 0.1) is 0 Å². The summed E-state index contributed by atoms with van der Waals surface area (Å²) in [7, 11) is 0. The van der Waals surface area contributed by atoms with Crippen LogP contribution in [0.3, 0.4) is 0 Å². The summed E-state index contributed by atoms with van der Waals surface area (Å²) in [5.41, 5.74) is 9.84. The Balaban J connectivity index is 0.000000921. The Morgan fingerprint density at radius 3 is 2.40 bits per heavy atom. The molecule has 0 aliphatic heterocycles. The molecule has 1 aromatic rings. The van der Waals surface area contributed by atoms with Gasteiger partial charge in [-0.25, -0.2) is 0 Å². The average Bonchev–Trinajstić information content (AvgIpc) is 2.17. The number of carbonyl (C=O) groups is 1. The van der Waals surface area contributed by atoms with Gasteiger partial charge in [-0.05, 0) is 39.0 Å². The first-order valence-electron chi connectivity index (χ1n) is 4.56. The van der Waals surface area contributed by atoms with Crippen molar-refractivity contribution in [1.82, 2.24) is 0 Å². The number of benzene rings is 1. The Labute approximate surface area is 90.4 Å². The number of nitrogens with two attached hydrogens (primary N) is 1. The summed E-state index contributed by atoms with van der Waals surface area (Å²) in [4.78, 5) is 13.4. The van der Waals surface area contributed by atoms with Crippen molar-refractivity contribution in [3.05, 3.63) is 24.3 Å². The molecule has 4 nitrogen and oxygen atoms in total. The van der Waals surface area contributed by atoms with Crippen LogP contribution in [0.1, 0.15) is 20.8 Å². The smallest absolute Gasteiger partial charge is 0.106 e. The van der Waals surface area contributed by atoms with Gasteiger partial charge < -0.3 is 10.5 Å². The largest absolute Gasteiger partial charge is 0.399 e. The van der Waals surface area contributed by atoms with E-state index < -0.39 is 0 Å². The van der Waals surface area contributed by atoms with Crippen molar-refractivity contribution < 1.29 is 9.63 Å². The maximum atomic E-state index is 8.00. The van der Waals surface area contributed by atoms with E-state index in [1.165, 1.54) is 0 Å². The molecule has 0 radical (unpaired) electrons. The van der Waals surface area contributed by atoms with E-state index in [4.69, 9.17) is 15.4 Å². The zero-order valence-electron chi connectivity index (χ0n) is 9.41. The predicted molar refractivity (Wildman–Crippen MR) is 62.4 cm³/mol. The SMILES string of the molecule is C=O.CC(C)(C)ONc1cccc(N)c1. The predicted octanol–water partition coefficient (Wildman–Crippen LogP) is 2.23. The quantitative estimate of drug-likeness (QED) is 0.580. The molecule has 0 amide bonds. The number of nitrogen functional groups attached to an aromatic ring is 1. The lowest BCUT2D eigenvalue weighted by atomic mass is 10.2. The van der Waals surface area contributed by atoms with Crippen molar-refractivity contribution in [2.75, 3.05) is 11.2 Å². The maximum absolute atomic E-state index is 8.00. The van der Waals surface area contributed by atoms with E-state index in [0.29, 0.717) is 0 Å². The normalized spacial score (nSPS) is 10.1. The van der Waals surface area contributed by atoms with E-state index >= 15 is 0 Å². The first kappa shape index (κ1) is 13.4. The standard InChI is InChI=1S/C10H16N2O.CH2O/c1-10(2,3)13-12-9-6-4-5-8(11)7-9;1-2/h4-7,12H,11H2,1-3H3;1H2. The Morgan fingerprint density at radius 1 is 1.33 bits per heavy atom. The lowest BCUT2D eigenvalue weighted by Gasteiger charge is -2.19. The third kappa shape index (κ3) is 6.51. The minimum Gasteiger partial charge on any atom is -0.399 e. The maximum Gasteiger partial charge on any atom is 0.106 e. The van der Waals surface area contributed by atoms with Crippen LogP contribution in [-0.2, 0) is 9.63 Å². The van der Waals surface area contributed by atoms with Crippen molar-refractivity contribution in [3.8, 4) is 0 Å². The van der Waals surface area contributed by atoms with Crippen LogP contribution in [0.2, 0.25) is 0 Å². The number of nitrogens with one attached hydrogen (secondary N) is 1. The monoisotopic (exact) mass is 210 g/mol.